The Morgan fingerprint density at radius 1 is 1.42 bits per heavy atom. The summed E-state index contributed by atoms with van der Waals surface area (Å²) in [7, 11) is 0. The molecule has 64 valence electrons. The SMILES string of the molecule is ClC[C@H]1OCCc2ccccc21. The van der Waals surface area contributed by atoms with E-state index in [2.05, 4.69) is 18.2 Å². The molecule has 0 fully saturated rings. The first-order valence-corrected chi connectivity index (χ1v) is 4.70. The van der Waals surface area contributed by atoms with Gasteiger partial charge < -0.3 is 4.74 Å². The molecule has 0 amide bonds. The topological polar surface area (TPSA) is 9.23 Å². The Kier molecular flexibility index (Phi) is 2.33. The van der Waals surface area contributed by atoms with Crippen molar-refractivity contribution in [1.82, 2.24) is 0 Å². The van der Waals surface area contributed by atoms with E-state index in [9.17, 15) is 0 Å². The summed E-state index contributed by atoms with van der Waals surface area (Å²) in [6.07, 6.45) is 1.13. The molecule has 0 N–H and O–H groups in total. The van der Waals surface area contributed by atoms with Gasteiger partial charge in [-0.15, -0.1) is 11.6 Å². The quantitative estimate of drug-likeness (QED) is 0.607. The van der Waals surface area contributed by atoms with Gasteiger partial charge in [0.05, 0.1) is 18.6 Å². The van der Waals surface area contributed by atoms with Crippen molar-refractivity contribution in [2.45, 2.75) is 12.5 Å². The summed E-state index contributed by atoms with van der Waals surface area (Å²) in [6, 6.07) is 8.35. The molecule has 2 rings (SSSR count). The molecule has 0 unspecified atom stereocenters. The molecule has 1 aromatic rings. The average molecular weight is 183 g/mol. The fourth-order valence-electron chi connectivity index (χ4n) is 1.60. The van der Waals surface area contributed by atoms with E-state index in [1.165, 1.54) is 11.1 Å². The smallest absolute Gasteiger partial charge is 0.0962 e. The monoisotopic (exact) mass is 182 g/mol. The molecule has 0 radical (unpaired) electrons. The van der Waals surface area contributed by atoms with Crippen molar-refractivity contribution in [2.24, 2.45) is 0 Å². The fourth-order valence-corrected chi connectivity index (χ4v) is 1.86. The zero-order valence-corrected chi connectivity index (χ0v) is 7.55. The van der Waals surface area contributed by atoms with Crippen LogP contribution in [0.3, 0.4) is 0 Å². The number of rotatable bonds is 1. The summed E-state index contributed by atoms with van der Waals surface area (Å²) < 4.78 is 5.52. The molecule has 1 aliphatic rings. The summed E-state index contributed by atoms with van der Waals surface area (Å²) in [5.74, 6) is 0.553. The van der Waals surface area contributed by atoms with E-state index in [-0.39, 0.29) is 6.10 Å². The van der Waals surface area contributed by atoms with Gasteiger partial charge in [0.1, 0.15) is 0 Å². The standard InChI is InChI=1S/C10H11ClO/c11-7-10-9-4-2-1-3-8(9)5-6-12-10/h1-4,10H,5-7H2/t10-/m1/s1. The zero-order chi connectivity index (χ0) is 8.39. The number of hydrogen-bond acceptors (Lipinski definition) is 1. The molecule has 1 aromatic carbocycles. The van der Waals surface area contributed by atoms with Crippen LogP contribution in [0.25, 0.3) is 0 Å². The van der Waals surface area contributed by atoms with Crippen molar-refractivity contribution in [3.63, 3.8) is 0 Å². The largest absolute Gasteiger partial charge is 0.372 e. The third-order valence-corrected chi connectivity index (χ3v) is 2.51. The van der Waals surface area contributed by atoms with Gasteiger partial charge in [-0.25, -0.2) is 0 Å². The summed E-state index contributed by atoms with van der Waals surface area (Å²) >= 11 is 5.78. The van der Waals surface area contributed by atoms with Gasteiger partial charge in [-0.2, -0.15) is 0 Å². The maximum Gasteiger partial charge on any atom is 0.0962 e. The van der Waals surface area contributed by atoms with Crippen molar-refractivity contribution in [3.8, 4) is 0 Å². The molecule has 0 bridgehead atoms. The minimum Gasteiger partial charge on any atom is -0.372 e. The molecule has 1 aliphatic heterocycles. The first-order chi connectivity index (χ1) is 5.92. The van der Waals surface area contributed by atoms with Crippen LogP contribution in [0.1, 0.15) is 17.2 Å². The highest BCUT2D eigenvalue weighted by atomic mass is 35.5. The summed E-state index contributed by atoms with van der Waals surface area (Å²) in [6.45, 7) is 0.800. The molecule has 2 heteroatoms. The van der Waals surface area contributed by atoms with Crippen molar-refractivity contribution >= 4 is 11.6 Å². The van der Waals surface area contributed by atoms with Crippen LogP contribution >= 0.6 is 11.6 Å². The Bertz CT molecular complexity index is 272. The van der Waals surface area contributed by atoms with Crippen molar-refractivity contribution in [2.75, 3.05) is 12.5 Å². The van der Waals surface area contributed by atoms with Crippen LogP contribution in [0.5, 0.6) is 0 Å². The molecule has 1 heterocycles. The number of benzene rings is 1. The first-order valence-electron chi connectivity index (χ1n) is 4.17. The zero-order valence-electron chi connectivity index (χ0n) is 6.79. The Morgan fingerprint density at radius 3 is 3.08 bits per heavy atom. The number of ether oxygens (including phenoxy) is 1. The summed E-state index contributed by atoms with van der Waals surface area (Å²) in [5.41, 5.74) is 2.65. The first kappa shape index (κ1) is 8.09. The second-order valence-electron chi connectivity index (χ2n) is 2.96. The molecule has 0 aromatic heterocycles. The van der Waals surface area contributed by atoms with E-state index < -0.39 is 0 Å². The molecule has 12 heavy (non-hydrogen) atoms. The molecule has 0 aliphatic carbocycles. The van der Waals surface area contributed by atoms with Gasteiger partial charge in [-0.3, -0.25) is 0 Å². The molecule has 0 saturated heterocycles. The lowest BCUT2D eigenvalue weighted by Gasteiger charge is -2.23. The van der Waals surface area contributed by atoms with Crippen LogP contribution in [-0.4, -0.2) is 12.5 Å². The van der Waals surface area contributed by atoms with Gasteiger partial charge in [-0.05, 0) is 17.5 Å². The van der Waals surface area contributed by atoms with Gasteiger partial charge in [0.25, 0.3) is 0 Å². The second kappa shape index (κ2) is 3.46. The Labute approximate surface area is 77.3 Å². The van der Waals surface area contributed by atoms with Gasteiger partial charge in [0, 0.05) is 0 Å². The van der Waals surface area contributed by atoms with Crippen LogP contribution in [0, 0.1) is 0 Å². The molecule has 0 spiro atoms. The average Bonchev–Trinajstić information content (AvgIpc) is 2.17. The molecule has 1 atom stereocenters. The van der Waals surface area contributed by atoms with E-state index in [1.54, 1.807) is 0 Å². The van der Waals surface area contributed by atoms with Crippen LogP contribution in [0.2, 0.25) is 0 Å². The molecule has 1 nitrogen and oxygen atoms in total. The predicted octanol–water partition coefficient (Wildman–Crippen LogP) is 2.54. The predicted molar refractivity (Wildman–Crippen MR) is 49.6 cm³/mol. The highest BCUT2D eigenvalue weighted by Gasteiger charge is 2.18. The van der Waals surface area contributed by atoms with Crippen LogP contribution in [0.4, 0.5) is 0 Å². The maximum absolute atomic E-state index is 5.78. The van der Waals surface area contributed by atoms with E-state index in [0.717, 1.165) is 13.0 Å². The Balaban J connectivity index is 2.37. The minimum atomic E-state index is 0.108. The van der Waals surface area contributed by atoms with E-state index in [1.807, 2.05) is 6.07 Å². The highest BCUT2D eigenvalue weighted by molar-refractivity contribution is 6.18. The number of alkyl halides is 1. The van der Waals surface area contributed by atoms with E-state index in [4.69, 9.17) is 16.3 Å². The van der Waals surface area contributed by atoms with Crippen LogP contribution < -0.4 is 0 Å². The van der Waals surface area contributed by atoms with E-state index >= 15 is 0 Å². The summed E-state index contributed by atoms with van der Waals surface area (Å²) in [4.78, 5) is 0. The highest BCUT2D eigenvalue weighted by Crippen LogP contribution is 2.27. The molecule has 0 saturated carbocycles. The van der Waals surface area contributed by atoms with Gasteiger partial charge >= 0.3 is 0 Å². The molecular weight excluding hydrogens is 172 g/mol. The van der Waals surface area contributed by atoms with Crippen molar-refractivity contribution < 1.29 is 4.74 Å². The van der Waals surface area contributed by atoms with Gasteiger partial charge in [-0.1, -0.05) is 24.3 Å². The maximum atomic E-state index is 5.78. The third-order valence-electron chi connectivity index (χ3n) is 2.23. The lowest BCUT2D eigenvalue weighted by molar-refractivity contribution is 0.0579. The lowest BCUT2D eigenvalue weighted by atomic mass is 9.99. The van der Waals surface area contributed by atoms with Crippen LogP contribution in [-0.2, 0) is 11.2 Å². The lowest BCUT2D eigenvalue weighted by Crippen LogP contribution is -2.16. The third kappa shape index (κ3) is 1.35. The molecular formula is C10H11ClO. The second-order valence-corrected chi connectivity index (χ2v) is 3.27. The number of fused-ring (bicyclic) bond motifs is 1. The number of halogens is 1. The van der Waals surface area contributed by atoms with Gasteiger partial charge in [0.2, 0.25) is 0 Å². The number of hydrogen-bond donors (Lipinski definition) is 0. The normalized spacial score (nSPS) is 21.9. The van der Waals surface area contributed by atoms with Crippen molar-refractivity contribution in [3.05, 3.63) is 35.4 Å². The van der Waals surface area contributed by atoms with Gasteiger partial charge in [0.15, 0.2) is 0 Å². The Morgan fingerprint density at radius 2 is 2.25 bits per heavy atom. The van der Waals surface area contributed by atoms with E-state index in [0.29, 0.717) is 5.88 Å². The van der Waals surface area contributed by atoms with Crippen molar-refractivity contribution in [1.29, 1.82) is 0 Å². The summed E-state index contributed by atoms with van der Waals surface area (Å²) in [5, 5.41) is 0. The fraction of sp³-hybridized carbons (Fsp3) is 0.400. The minimum absolute atomic E-state index is 0.108. The Hall–Kier alpha value is -0.530. The van der Waals surface area contributed by atoms with Crippen LogP contribution in [0.15, 0.2) is 24.3 Å².